The first kappa shape index (κ1) is 20.7. The van der Waals surface area contributed by atoms with Crippen molar-refractivity contribution in [1.82, 2.24) is 15.1 Å². The van der Waals surface area contributed by atoms with Gasteiger partial charge in [0.1, 0.15) is 12.2 Å². The van der Waals surface area contributed by atoms with Crippen molar-refractivity contribution in [2.24, 2.45) is 0 Å². The highest BCUT2D eigenvalue weighted by atomic mass is 16.2. The minimum atomic E-state index is -0.365. The summed E-state index contributed by atoms with van der Waals surface area (Å²) in [7, 11) is 0. The van der Waals surface area contributed by atoms with Gasteiger partial charge >= 0.3 is 0 Å². The predicted octanol–water partition coefficient (Wildman–Crippen LogP) is 3.42. The Labute approximate surface area is 180 Å². The van der Waals surface area contributed by atoms with E-state index in [1.54, 1.807) is 9.80 Å². The monoisotopic (exact) mass is 418 g/mol. The summed E-state index contributed by atoms with van der Waals surface area (Å²) in [5.74, 6) is -0.463. The van der Waals surface area contributed by atoms with Gasteiger partial charge in [0.25, 0.3) is 11.5 Å². The zero-order valence-corrected chi connectivity index (χ0v) is 17.5. The Kier molecular flexibility index (Phi) is 6.02. The minimum absolute atomic E-state index is 0.0179. The summed E-state index contributed by atoms with van der Waals surface area (Å²) in [4.78, 5) is 40.9. The van der Waals surface area contributed by atoms with Crippen molar-refractivity contribution < 1.29 is 9.59 Å². The lowest BCUT2D eigenvalue weighted by atomic mass is 10.0. The van der Waals surface area contributed by atoms with Crippen LogP contribution in [-0.2, 0) is 4.79 Å². The fourth-order valence-electron chi connectivity index (χ4n) is 4.03. The van der Waals surface area contributed by atoms with Crippen LogP contribution < -0.4 is 10.5 Å². The normalized spacial score (nSPS) is 16.5. The predicted molar refractivity (Wildman–Crippen MR) is 120 cm³/mol. The highest BCUT2D eigenvalue weighted by Crippen LogP contribution is 2.28. The number of H-pyrrole nitrogens is 2. The molecule has 3 aromatic rings. The molecule has 0 bridgehead atoms. The van der Waals surface area contributed by atoms with Crippen LogP contribution in [0.25, 0.3) is 11.1 Å². The van der Waals surface area contributed by atoms with E-state index in [1.165, 1.54) is 6.07 Å². The largest absolute Gasteiger partial charge is 0.323 e. The summed E-state index contributed by atoms with van der Waals surface area (Å²) in [6.45, 7) is 2.51. The van der Waals surface area contributed by atoms with Crippen LogP contribution in [0.5, 0.6) is 0 Å². The molecular weight excluding hydrogens is 392 g/mol. The summed E-state index contributed by atoms with van der Waals surface area (Å²) in [6, 6.07) is 19.1. The standard InChI is InChI=1S/C24H26N4O3/c1-2-3-11-20-15-27(19-12-7-10-18(13-19)17-8-5-4-6-9-17)23(30)16-28(20)24(31)21-14-22(29)26-25-21/h4-10,12-14,20H,2-3,11,15-16H2,1H3,(H2,25,26,29)/t20-/m1/s1. The van der Waals surface area contributed by atoms with E-state index in [-0.39, 0.29) is 35.7 Å². The van der Waals surface area contributed by atoms with E-state index in [0.29, 0.717) is 6.54 Å². The number of rotatable bonds is 6. The third-order valence-electron chi connectivity index (χ3n) is 5.68. The molecule has 0 unspecified atom stereocenters. The van der Waals surface area contributed by atoms with E-state index < -0.39 is 0 Å². The van der Waals surface area contributed by atoms with Crippen molar-refractivity contribution in [2.45, 2.75) is 32.2 Å². The Morgan fingerprint density at radius 1 is 1.00 bits per heavy atom. The van der Waals surface area contributed by atoms with Gasteiger partial charge in [0.15, 0.2) is 0 Å². The van der Waals surface area contributed by atoms with Gasteiger partial charge in [-0.15, -0.1) is 0 Å². The topological polar surface area (TPSA) is 89.3 Å². The van der Waals surface area contributed by atoms with Crippen molar-refractivity contribution in [3.8, 4) is 11.1 Å². The molecule has 1 aromatic heterocycles. The smallest absolute Gasteiger partial charge is 0.272 e. The Morgan fingerprint density at radius 2 is 1.77 bits per heavy atom. The van der Waals surface area contributed by atoms with Gasteiger partial charge in [-0.2, -0.15) is 0 Å². The van der Waals surface area contributed by atoms with Gasteiger partial charge < -0.3 is 9.80 Å². The molecule has 0 saturated carbocycles. The second-order valence-corrected chi connectivity index (χ2v) is 7.82. The van der Waals surface area contributed by atoms with Crippen LogP contribution >= 0.6 is 0 Å². The van der Waals surface area contributed by atoms with Crippen LogP contribution in [-0.4, -0.2) is 46.0 Å². The number of piperazine rings is 1. The number of benzene rings is 2. The Balaban J connectivity index is 1.60. The van der Waals surface area contributed by atoms with Crippen LogP contribution in [0, 0.1) is 0 Å². The first-order chi connectivity index (χ1) is 15.1. The van der Waals surface area contributed by atoms with Crippen molar-refractivity contribution >= 4 is 17.5 Å². The van der Waals surface area contributed by atoms with Crippen molar-refractivity contribution in [1.29, 1.82) is 0 Å². The third-order valence-corrected chi connectivity index (χ3v) is 5.68. The number of hydrogen-bond donors (Lipinski definition) is 2. The zero-order valence-electron chi connectivity index (χ0n) is 17.5. The van der Waals surface area contributed by atoms with E-state index in [1.807, 2.05) is 54.6 Å². The molecule has 31 heavy (non-hydrogen) atoms. The van der Waals surface area contributed by atoms with Gasteiger partial charge in [-0.3, -0.25) is 24.6 Å². The number of aromatic nitrogens is 2. The maximum Gasteiger partial charge on any atom is 0.272 e. The SMILES string of the molecule is CCCC[C@@H]1CN(c2cccc(-c3ccccc3)c2)C(=O)CN1C(=O)c1cc(=O)[nH][nH]1. The summed E-state index contributed by atoms with van der Waals surface area (Å²) in [5, 5.41) is 5.00. The summed E-state index contributed by atoms with van der Waals surface area (Å²) in [5.41, 5.74) is 2.77. The number of nitrogens with one attached hydrogen (secondary N) is 2. The Hall–Kier alpha value is -3.61. The van der Waals surface area contributed by atoms with Crippen LogP contribution in [0.1, 0.15) is 36.7 Å². The summed E-state index contributed by atoms with van der Waals surface area (Å²) >= 11 is 0. The minimum Gasteiger partial charge on any atom is -0.323 e. The molecule has 7 heteroatoms. The first-order valence-corrected chi connectivity index (χ1v) is 10.6. The van der Waals surface area contributed by atoms with Crippen molar-refractivity contribution in [2.75, 3.05) is 18.0 Å². The fraction of sp³-hybridized carbons (Fsp3) is 0.292. The van der Waals surface area contributed by atoms with E-state index in [4.69, 9.17) is 0 Å². The lowest BCUT2D eigenvalue weighted by Crippen LogP contribution is -2.58. The highest BCUT2D eigenvalue weighted by Gasteiger charge is 2.36. The molecule has 7 nitrogen and oxygen atoms in total. The van der Waals surface area contributed by atoms with E-state index in [9.17, 15) is 14.4 Å². The number of carbonyl (C=O) groups excluding carboxylic acids is 2. The molecule has 2 aromatic carbocycles. The molecular formula is C24H26N4O3. The Bertz CT molecular complexity index is 1120. The first-order valence-electron chi connectivity index (χ1n) is 10.6. The lowest BCUT2D eigenvalue weighted by molar-refractivity contribution is -0.121. The van der Waals surface area contributed by atoms with Gasteiger partial charge in [-0.05, 0) is 29.7 Å². The number of aromatic amines is 2. The maximum absolute atomic E-state index is 13.1. The molecule has 1 fully saturated rings. The van der Waals surface area contributed by atoms with Gasteiger partial charge in [0, 0.05) is 18.3 Å². The molecule has 2 heterocycles. The number of nitrogens with zero attached hydrogens (tertiary/aromatic N) is 2. The molecule has 2 N–H and O–H groups in total. The summed E-state index contributed by atoms with van der Waals surface area (Å²) < 4.78 is 0. The molecule has 0 spiro atoms. The van der Waals surface area contributed by atoms with E-state index >= 15 is 0 Å². The number of hydrogen-bond acceptors (Lipinski definition) is 3. The second kappa shape index (κ2) is 9.04. The zero-order chi connectivity index (χ0) is 21.8. The summed E-state index contributed by atoms with van der Waals surface area (Å²) in [6.07, 6.45) is 2.74. The van der Waals surface area contributed by atoms with Crippen molar-refractivity contribution in [3.63, 3.8) is 0 Å². The molecule has 2 amide bonds. The number of anilines is 1. The molecule has 0 aliphatic carbocycles. The van der Waals surface area contributed by atoms with E-state index in [0.717, 1.165) is 36.1 Å². The average Bonchev–Trinajstić information content (AvgIpc) is 3.24. The van der Waals surface area contributed by atoms with Gasteiger partial charge in [0.05, 0.1) is 6.04 Å². The molecule has 4 rings (SSSR count). The fourth-order valence-corrected chi connectivity index (χ4v) is 4.03. The lowest BCUT2D eigenvalue weighted by Gasteiger charge is -2.41. The number of carbonyl (C=O) groups is 2. The number of amides is 2. The van der Waals surface area contributed by atoms with Crippen LogP contribution in [0.4, 0.5) is 5.69 Å². The van der Waals surface area contributed by atoms with Crippen LogP contribution in [0.15, 0.2) is 65.5 Å². The molecule has 160 valence electrons. The second-order valence-electron chi connectivity index (χ2n) is 7.82. The average molecular weight is 418 g/mol. The maximum atomic E-state index is 13.1. The van der Waals surface area contributed by atoms with E-state index in [2.05, 4.69) is 17.1 Å². The molecule has 1 aliphatic heterocycles. The van der Waals surface area contributed by atoms with Crippen LogP contribution in [0.3, 0.4) is 0 Å². The van der Waals surface area contributed by atoms with Crippen LogP contribution in [0.2, 0.25) is 0 Å². The molecule has 1 aliphatic rings. The highest BCUT2D eigenvalue weighted by molar-refractivity contribution is 6.01. The molecule has 0 radical (unpaired) electrons. The third kappa shape index (κ3) is 4.45. The number of unbranched alkanes of at least 4 members (excludes halogenated alkanes) is 1. The van der Waals surface area contributed by atoms with Gasteiger partial charge in [0.2, 0.25) is 5.91 Å². The van der Waals surface area contributed by atoms with Gasteiger partial charge in [-0.25, -0.2) is 0 Å². The molecule has 1 saturated heterocycles. The van der Waals surface area contributed by atoms with Crippen molar-refractivity contribution in [3.05, 3.63) is 76.7 Å². The quantitative estimate of drug-likeness (QED) is 0.643. The molecule has 1 atom stereocenters. The van der Waals surface area contributed by atoms with Gasteiger partial charge in [-0.1, -0.05) is 62.2 Å². The Morgan fingerprint density at radius 3 is 2.48 bits per heavy atom.